The average molecular weight is 538 g/mol. The molecule has 9 heteroatoms. The van der Waals surface area contributed by atoms with Crippen molar-refractivity contribution in [3.63, 3.8) is 0 Å². The molecule has 1 saturated heterocycles. The van der Waals surface area contributed by atoms with Gasteiger partial charge < -0.3 is 4.74 Å². The predicted octanol–water partition coefficient (Wildman–Crippen LogP) is 8.65. The lowest BCUT2D eigenvalue weighted by Crippen LogP contribution is -2.36. The summed E-state index contributed by atoms with van der Waals surface area (Å²) in [5.41, 5.74) is -1.53. The summed E-state index contributed by atoms with van der Waals surface area (Å²) in [5, 5.41) is 0. The molecule has 0 bridgehead atoms. The molecule has 0 amide bonds. The van der Waals surface area contributed by atoms with Gasteiger partial charge in [-0.1, -0.05) is 49.0 Å². The number of ether oxygens (including phenoxy) is 1. The summed E-state index contributed by atoms with van der Waals surface area (Å²) < 4.78 is 100. The number of hydrogen-bond acceptors (Lipinski definition) is 2. The molecular weight excluding hydrogens is 511 g/mol. The standard InChI is InChI=1S/C29H26F7NO/c1-19(22-15-23(28(31,32)33)17-24(16-22)29(34,35)36)38-26-9-5-6-14-37(18-20-7-3-2-4-8-20)27(26)21-10-12-25(30)13-11-21/h2-4,7-8,10-13,15-17,26-27H,1,5-6,9,14,18H2/t26-,27-/m0/s1. The highest BCUT2D eigenvalue weighted by atomic mass is 19.4. The van der Waals surface area contributed by atoms with Crippen LogP contribution in [0.5, 0.6) is 0 Å². The summed E-state index contributed by atoms with van der Waals surface area (Å²) in [7, 11) is 0. The quantitative estimate of drug-likeness (QED) is 0.231. The van der Waals surface area contributed by atoms with Crippen LogP contribution < -0.4 is 0 Å². The van der Waals surface area contributed by atoms with Crippen molar-refractivity contribution in [3.05, 3.63) is 113 Å². The number of likely N-dealkylation sites (tertiary alicyclic amines) is 1. The molecule has 0 saturated carbocycles. The lowest BCUT2D eigenvalue weighted by molar-refractivity contribution is -0.143. The van der Waals surface area contributed by atoms with Crippen molar-refractivity contribution in [1.82, 2.24) is 4.90 Å². The van der Waals surface area contributed by atoms with Crippen LogP contribution in [0.25, 0.3) is 5.76 Å². The van der Waals surface area contributed by atoms with E-state index in [1.54, 1.807) is 12.1 Å². The van der Waals surface area contributed by atoms with Crippen LogP contribution in [0, 0.1) is 5.82 Å². The van der Waals surface area contributed by atoms with Crippen LogP contribution in [0.3, 0.4) is 0 Å². The highest BCUT2D eigenvalue weighted by Crippen LogP contribution is 2.40. The fourth-order valence-electron chi connectivity index (χ4n) is 4.76. The van der Waals surface area contributed by atoms with Gasteiger partial charge in [-0.25, -0.2) is 4.39 Å². The lowest BCUT2D eigenvalue weighted by Gasteiger charge is -2.36. The summed E-state index contributed by atoms with van der Waals surface area (Å²) in [6, 6.07) is 16.4. The Morgan fingerprint density at radius 2 is 1.45 bits per heavy atom. The maximum atomic E-state index is 13.7. The highest BCUT2D eigenvalue weighted by molar-refractivity contribution is 5.60. The van der Waals surface area contributed by atoms with E-state index in [0.29, 0.717) is 31.6 Å². The van der Waals surface area contributed by atoms with E-state index in [9.17, 15) is 30.7 Å². The molecule has 2 atom stereocenters. The van der Waals surface area contributed by atoms with Crippen molar-refractivity contribution in [2.24, 2.45) is 0 Å². The molecule has 1 aliphatic rings. The number of nitrogens with zero attached hydrogens (tertiary/aromatic N) is 1. The number of rotatable bonds is 6. The Bertz CT molecular complexity index is 1200. The minimum Gasteiger partial charge on any atom is -0.488 e. The third-order valence-electron chi connectivity index (χ3n) is 6.57. The molecule has 0 aromatic heterocycles. The number of benzene rings is 3. The van der Waals surface area contributed by atoms with Crippen molar-refractivity contribution in [1.29, 1.82) is 0 Å². The molecule has 0 spiro atoms. The molecule has 4 rings (SSSR count). The van der Waals surface area contributed by atoms with Gasteiger partial charge in [-0.2, -0.15) is 26.3 Å². The maximum absolute atomic E-state index is 13.7. The second kappa shape index (κ2) is 11.2. The van der Waals surface area contributed by atoms with Crippen LogP contribution in [0.4, 0.5) is 30.7 Å². The van der Waals surface area contributed by atoms with Gasteiger partial charge in [-0.15, -0.1) is 0 Å². The van der Waals surface area contributed by atoms with E-state index in [1.807, 2.05) is 30.3 Å². The van der Waals surface area contributed by atoms with Crippen LogP contribution in [-0.4, -0.2) is 17.5 Å². The summed E-state index contributed by atoms with van der Waals surface area (Å²) in [6.07, 6.45) is -8.61. The first-order valence-electron chi connectivity index (χ1n) is 12.1. The Morgan fingerprint density at radius 1 is 0.842 bits per heavy atom. The first-order chi connectivity index (χ1) is 17.9. The van der Waals surface area contributed by atoms with Crippen molar-refractivity contribution in [2.75, 3.05) is 6.54 Å². The van der Waals surface area contributed by atoms with Crippen molar-refractivity contribution in [3.8, 4) is 0 Å². The molecule has 2 nitrogen and oxygen atoms in total. The molecule has 202 valence electrons. The van der Waals surface area contributed by atoms with Crippen LogP contribution in [0.15, 0.2) is 79.4 Å². The molecule has 0 N–H and O–H groups in total. The molecule has 1 aliphatic heterocycles. The molecule has 0 radical (unpaired) electrons. The molecule has 0 aliphatic carbocycles. The summed E-state index contributed by atoms with van der Waals surface area (Å²) in [6.45, 7) is 4.91. The first kappa shape index (κ1) is 27.7. The van der Waals surface area contributed by atoms with Gasteiger partial charge in [0.15, 0.2) is 0 Å². The van der Waals surface area contributed by atoms with Crippen LogP contribution in [-0.2, 0) is 23.6 Å². The molecule has 1 fully saturated rings. The minimum atomic E-state index is -4.98. The van der Waals surface area contributed by atoms with Gasteiger partial charge in [0.05, 0.1) is 17.2 Å². The maximum Gasteiger partial charge on any atom is 0.416 e. The van der Waals surface area contributed by atoms with E-state index in [2.05, 4.69) is 11.5 Å². The molecule has 1 heterocycles. The van der Waals surface area contributed by atoms with Crippen molar-refractivity contribution in [2.45, 2.75) is 50.3 Å². The number of halogens is 7. The second-order valence-corrected chi connectivity index (χ2v) is 9.32. The molecule has 3 aromatic carbocycles. The summed E-state index contributed by atoms with van der Waals surface area (Å²) in [5.74, 6) is -0.720. The summed E-state index contributed by atoms with van der Waals surface area (Å²) in [4.78, 5) is 2.14. The molecule has 3 aromatic rings. The lowest BCUT2D eigenvalue weighted by atomic mass is 9.96. The van der Waals surface area contributed by atoms with Gasteiger partial charge in [0.25, 0.3) is 0 Å². The van der Waals surface area contributed by atoms with Gasteiger partial charge in [0.1, 0.15) is 17.7 Å². The Balaban J connectivity index is 1.70. The minimum absolute atomic E-state index is 0.0747. The largest absolute Gasteiger partial charge is 0.488 e. The van der Waals surface area contributed by atoms with Gasteiger partial charge >= 0.3 is 12.4 Å². The van der Waals surface area contributed by atoms with Crippen LogP contribution >= 0.6 is 0 Å². The van der Waals surface area contributed by atoms with Crippen molar-refractivity contribution < 1.29 is 35.5 Å². The number of hydrogen-bond donors (Lipinski definition) is 0. The third kappa shape index (κ3) is 6.75. The Hall–Kier alpha value is -3.33. The molecular formula is C29H26F7NO. The van der Waals surface area contributed by atoms with Crippen molar-refractivity contribution >= 4 is 5.76 Å². The molecule has 0 unspecified atom stereocenters. The molecule has 38 heavy (non-hydrogen) atoms. The zero-order chi connectivity index (χ0) is 27.5. The van der Waals surface area contributed by atoms with Gasteiger partial charge in [0, 0.05) is 12.1 Å². The fourth-order valence-corrected chi connectivity index (χ4v) is 4.76. The first-order valence-corrected chi connectivity index (χ1v) is 12.1. The smallest absolute Gasteiger partial charge is 0.416 e. The van der Waals surface area contributed by atoms with E-state index in [0.717, 1.165) is 24.0 Å². The normalized spacial score (nSPS) is 19.1. The van der Waals surface area contributed by atoms with E-state index in [-0.39, 0.29) is 11.8 Å². The third-order valence-corrected chi connectivity index (χ3v) is 6.57. The van der Waals surface area contributed by atoms with E-state index < -0.39 is 47.0 Å². The van der Waals surface area contributed by atoms with E-state index >= 15 is 0 Å². The Kier molecular flexibility index (Phi) is 8.16. The SMILES string of the molecule is C=C(O[C@H]1CCCCN(Cc2ccccc2)[C@H]1c1ccc(F)cc1)c1cc(C(F)(F)F)cc(C(F)(F)F)c1. The van der Waals surface area contributed by atoms with E-state index in [1.165, 1.54) is 12.1 Å². The Labute approximate surface area is 216 Å². The topological polar surface area (TPSA) is 12.5 Å². The van der Waals surface area contributed by atoms with E-state index in [4.69, 9.17) is 4.74 Å². The van der Waals surface area contributed by atoms with Crippen LogP contribution in [0.1, 0.15) is 53.1 Å². The zero-order valence-electron chi connectivity index (χ0n) is 20.3. The summed E-state index contributed by atoms with van der Waals surface area (Å²) >= 11 is 0. The zero-order valence-corrected chi connectivity index (χ0v) is 20.3. The second-order valence-electron chi connectivity index (χ2n) is 9.32. The van der Waals surface area contributed by atoms with Gasteiger partial charge in [0.2, 0.25) is 0 Å². The number of alkyl halides is 6. The van der Waals surface area contributed by atoms with Gasteiger partial charge in [-0.3, -0.25) is 4.90 Å². The highest BCUT2D eigenvalue weighted by Gasteiger charge is 2.38. The Morgan fingerprint density at radius 3 is 2.03 bits per heavy atom. The van der Waals surface area contributed by atoms with Gasteiger partial charge in [-0.05, 0) is 67.3 Å². The predicted molar refractivity (Wildman–Crippen MR) is 130 cm³/mol. The van der Waals surface area contributed by atoms with Crippen LogP contribution in [0.2, 0.25) is 0 Å². The average Bonchev–Trinajstić information content (AvgIpc) is 3.05. The fraction of sp³-hybridized carbons (Fsp3) is 0.310. The monoisotopic (exact) mass is 537 g/mol.